The lowest BCUT2D eigenvalue weighted by molar-refractivity contribution is -0.132. The summed E-state index contributed by atoms with van der Waals surface area (Å²) < 4.78 is 7.64. The van der Waals surface area contributed by atoms with E-state index in [9.17, 15) is 9.90 Å². The maximum Gasteiger partial charge on any atom is 0.244 e. The molecule has 1 N–H and O–H groups in total. The summed E-state index contributed by atoms with van der Waals surface area (Å²) in [5.41, 5.74) is 2.84. The van der Waals surface area contributed by atoms with Crippen LogP contribution in [0.3, 0.4) is 0 Å². The van der Waals surface area contributed by atoms with Crippen molar-refractivity contribution < 1.29 is 14.6 Å². The predicted molar refractivity (Wildman–Crippen MR) is 114 cm³/mol. The quantitative estimate of drug-likeness (QED) is 0.804. The molecule has 1 aliphatic rings. The topological polar surface area (TPSA) is 67.6 Å². The summed E-state index contributed by atoms with van der Waals surface area (Å²) in [6, 6.07) is 5.74. The van der Waals surface area contributed by atoms with E-state index >= 15 is 0 Å². The normalized spacial score (nSPS) is 19.9. The average Bonchev–Trinajstić information content (AvgIpc) is 2.85. The maximum absolute atomic E-state index is 12.7. The number of benzene rings is 1. The Morgan fingerprint density at radius 1 is 1.17 bits per heavy atom. The Morgan fingerprint density at radius 3 is 2.48 bits per heavy atom. The monoisotopic (exact) mass is 419 g/mol. The first kappa shape index (κ1) is 21.7. The number of hydrogen-bond acceptors (Lipinski definition) is 4. The summed E-state index contributed by atoms with van der Waals surface area (Å²) in [6.07, 6.45) is 1.82. The van der Waals surface area contributed by atoms with E-state index in [0.717, 1.165) is 34.0 Å². The van der Waals surface area contributed by atoms with Crippen molar-refractivity contribution >= 4 is 17.5 Å². The number of nitrogens with zero attached hydrogens (tertiary/aromatic N) is 3. The minimum absolute atomic E-state index is 0.0327. The maximum atomic E-state index is 12.7. The van der Waals surface area contributed by atoms with Crippen LogP contribution >= 0.6 is 11.6 Å². The highest BCUT2D eigenvalue weighted by molar-refractivity contribution is 6.32. The fourth-order valence-electron chi connectivity index (χ4n) is 3.84. The molecule has 1 aromatic carbocycles. The van der Waals surface area contributed by atoms with Crippen molar-refractivity contribution in [3.63, 3.8) is 0 Å². The molecule has 1 saturated heterocycles. The summed E-state index contributed by atoms with van der Waals surface area (Å²) in [5, 5.41) is 16.1. The van der Waals surface area contributed by atoms with E-state index < -0.39 is 5.60 Å². The Hall–Kier alpha value is -2.05. The smallest absolute Gasteiger partial charge is 0.244 e. The molecule has 158 valence electrons. The summed E-state index contributed by atoms with van der Waals surface area (Å²) in [6.45, 7) is 9.33. The number of likely N-dealkylation sites (tertiary alicyclic amines) is 1. The molecule has 1 amide bonds. The molecule has 1 fully saturated rings. The third kappa shape index (κ3) is 5.31. The van der Waals surface area contributed by atoms with Crippen LogP contribution in [-0.2, 0) is 11.3 Å². The van der Waals surface area contributed by atoms with E-state index in [1.807, 2.05) is 50.8 Å². The number of aryl methyl sites for hydroxylation is 4. The SMILES string of the molecule is Cc1cc(C)n(CC(=O)N2CCCC(O)(COc3cc(C)c(Cl)c(C)c3)CC2)n1. The van der Waals surface area contributed by atoms with Gasteiger partial charge in [0.15, 0.2) is 0 Å². The molecule has 0 spiro atoms. The van der Waals surface area contributed by atoms with Gasteiger partial charge in [-0.15, -0.1) is 0 Å². The number of carbonyl (C=O) groups excluding carboxylic acids is 1. The molecule has 1 aliphatic heterocycles. The van der Waals surface area contributed by atoms with Gasteiger partial charge in [0, 0.05) is 23.8 Å². The molecule has 29 heavy (non-hydrogen) atoms. The van der Waals surface area contributed by atoms with Crippen molar-refractivity contribution in [2.24, 2.45) is 0 Å². The van der Waals surface area contributed by atoms with E-state index in [4.69, 9.17) is 16.3 Å². The minimum atomic E-state index is -0.950. The molecule has 1 atom stereocenters. The van der Waals surface area contributed by atoms with Crippen LogP contribution in [0.5, 0.6) is 5.75 Å². The fraction of sp³-hybridized carbons (Fsp3) is 0.545. The van der Waals surface area contributed by atoms with E-state index in [1.54, 1.807) is 4.68 Å². The van der Waals surface area contributed by atoms with Crippen LogP contribution < -0.4 is 4.74 Å². The summed E-state index contributed by atoms with van der Waals surface area (Å²) in [5.74, 6) is 0.741. The summed E-state index contributed by atoms with van der Waals surface area (Å²) >= 11 is 6.21. The second-order valence-corrected chi connectivity index (χ2v) is 8.58. The fourth-order valence-corrected chi connectivity index (χ4v) is 3.95. The number of aliphatic hydroxyl groups is 1. The number of hydrogen-bond donors (Lipinski definition) is 1. The Balaban J connectivity index is 1.58. The summed E-state index contributed by atoms with van der Waals surface area (Å²) in [7, 11) is 0. The van der Waals surface area contributed by atoms with Gasteiger partial charge in [0.2, 0.25) is 5.91 Å². The molecule has 0 radical (unpaired) electrons. The van der Waals surface area contributed by atoms with Crippen LogP contribution in [0.25, 0.3) is 0 Å². The van der Waals surface area contributed by atoms with Crippen molar-refractivity contribution in [1.29, 1.82) is 0 Å². The Labute approximate surface area is 177 Å². The molecule has 2 heterocycles. The van der Waals surface area contributed by atoms with E-state index in [0.29, 0.717) is 31.7 Å². The molecule has 0 saturated carbocycles. The third-order valence-electron chi connectivity index (χ3n) is 5.58. The highest BCUT2D eigenvalue weighted by atomic mass is 35.5. The molecule has 1 unspecified atom stereocenters. The van der Waals surface area contributed by atoms with Crippen molar-refractivity contribution in [3.8, 4) is 5.75 Å². The van der Waals surface area contributed by atoms with Gasteiger partial charge in [-0.1, -0.05) is 11.6 Å². The van der Waals surface area contributed by atoms with Gasteiger partial charge < -0.3 is 14.7 Å². The van der Waals surface area contributed by atoms with Crippen LogP contribution in [0.15, 0.2) is 18.2 Å². The van der Waals surface area contributed by atoms with Gasteiger partial charge in [0.25, 0.3) is 0 Å². The molecule has 1 aromatic heterocycles. The predicted octanol–water partition coefficient (Wildman–Crippen LogP) is 3.59. The number of carbonyl (C=O) groups is 1. The van der Waals surface area contributed by atoms with Crippen LogP contribution in [0.4, 0.5) is 0 Å². The molecule has 3 rings (SSSR count). The molecule has 7 heteroatoms. The molecular weight excluding hydrogens is 390 g/mol. The number of aromatic nitrogens is 2. The standard InChI is InChI=1S/C22H30ClN3O3/c1-15-10-19(11-16(2)21(15)23)29-14-22(28)6-5-8-25(9-7-22)20(27)13-26-18(4)12-17(3)24-26/h10-12,28H,5-9,13-14H2,1-4H3. The number of amides is 1. The van der Waals surface area contributed by atoms with Crippen molar-refractivity contribution in [2.45, 2.75) is 59.1 Å². The highest BCUT2D eigenvalue weighted by Gasteiger charge is 2.32. The van der Waals surface area contributed by atoms with Crippen LogP contribution in [0.2, 0.25) is 5.02 Å². The molecule has 0 aliphatic carbocycles. The lowest BCUT2D eigenvalue weighted by Crippen LogP contribution is -2.39. The average molecular weight is 420 g/mol. The zero-order valence-electron chi connectivity index (χ0n) is 17.7. The van der Waals surface area contributed by atoms with Crippen molar-refractivity contribution in [3.05, 3.63) is 45.7 Å². The minimum Gasteiger partial charge on any atom is -0.491 e. The van der Waals surface area contributed by atoms with E-state index in [-0.39, 0.29) is 19.1 Å². The van der Waals surface area contributed by atoms with Crippen LogP contribution in [0, 0.1) is 27.7 Å². The Bertz CT molecular complexity index is 872. The lowest BCUT2D eigenvalue weighted by Gasteiger charge is -2.27. The van der Waals surface area contributed by atoms with E-state index in [2.05, 4.69) is 5.10 Å². The second kappa shape index (κ2) is 8.76. The van der Waals surface area contributed by atoms with Crippen molar-refractivity contribution in [1.82, 2.24) is 14.7 Å². The number of halogens is 1. The zero-order chi connectivity index (χ0) is 21.2. The van der Waals surface area contributed by atoms with Gasteiger partial charge in [0.1, 0.15) is 24.5 Å². The Kier molecular flexibility index (Phi) is 6.54. The van der Waals surface area contributed by atoms with Gasteiger partial charge in [-0.3, -0.25) is 9.48 Å². The highest BCUT2D eigenvalue weighted by Crippen LogP contribution is 2.28. The number of ether oxygens (including phenoxy) is 1. The summed E-state index contributed by atoms with van der Waals surface area (Å²) in [4.78, 5) is 14.5. The first-order valence-corrected chi connectivity index (χ1v) is 10.5. The second-order valence-electron chi connectivity index (χ2n) is 8.20. The van der Waals surface area contributed by atoms with Crippen molar-refractivity contribution in [2.75, 3.05) is 19.7 Å². The third-order valence-corrected chi connectivity index (χ3v) is 6.17. The van der Waals surface area contributed by atoms with Gasteiger partial charge in [-0.2, -0.15) is 5.10 Å². The molecular formula is C22H30ClN3O3. The van der Waals surface area contributed by atoms with Gasteiger partial charge in [-0.05, 0) is 76.3 Å². The van der Waals surface area contributed by atoms with Gasteiger partial charge in [0.05, 0.1) is 5.69 Å². The van der Waals surface area contributed by atoms with Crippen LogP contribution in [-0.4, -0.2) is 51.0 Å². The Morgan fingerprint density at radius 2 is 1.86 bits per heavy atom. The zero-order valence-corrected chi connectivity index (χ0v) is 18.4. The lowest BCUT2D eigenvalue weighted by atomic mass is 9.96. The first-order valence-electron chi connectivity index (χ1n) is 10.1. The molecule has 6 nitrogen and oxygen atoms in total. The van der Waals surface area contributed by atoms with Crippen LogP contribution in [0.1, 0.15) is 41.8 Å². The molecule has 2 aromatic rings. The van der Waals surface area contributed by atoms with Gasteiger partial charge >= 0.3 is 0 Å². The van der Waals surface area contributed by atoms with Gasteiger partial charge in [-0.25, -0.2) is 0 Å². The molecule has 0 bridgehead atoms. The largest absolute Gasteiger partial charge is 0.491 e. The number of rotatable bonds is 5. The first-order chi connectivity index (χ1) is 13.7. The van der Waals surface area contributed by atoms with E-state index in [1.165, 1.54) is 0 Å².